The molecule has 0 aromatic carbocycles. The number of rotatable bonds is 6. The maximum Gasteiger partial charge on any atom is 0.262 e. The first-order chi connectivity index (χ1) is 9.54. The molecule has 1 amide bonds. The first-order valence-electron chi connectivity index (χ1n) is 7.02. The van der Waals surface area contributed by atoms with Gasteiger partial charge < -0.3 is 10.4 Å². The molecule has 0 saturated heterocycles. The zero-order valence-corrected chi connectivity index (χ0v) is 13.2. The number of aliphatic hydroxyl groups is 1. The summed E-state index contributed by atoms with van der Waals surface area (Å²) in [4.78, 5) is 12.9. The molecular weight excluding hydrogens is 270 g/mol. The van der Waals surface area contributed by atoms with Crippen LogP contribution in [0.4, 0.5) is 0 Å². The van der Waals surface area contributed by atoms with Crippen LogP contribution in [-0.4, -0.2) is 23.7 Å². The minimum Gasteiger partial charge on any atom is -0.395 e. The SMILES string of the molecule is CC(C)CCC(C)NC(=O)c1sccc1C#CCCO. The Kier molecular flexibility index (Phi) is 7.35. The van der Waals surface area contributed by atoms with Gasteiger partial charge in [-0.2, -0.15) is 0 Å². The van der Waals surface area contributed by atoms with Crippen LogP contribution >= 0.6 is 11.3 Å². The molecule has 0 bridgehead atoms. The Morgan fingerprint density at radius 1 is 1.40 bits per heavy atom. The Labute approximate surface area is 125 Å². The molecule has 0 saturated carbocycles. The zero-order valence-electron chi connectivity index (χ0n) is 12.4. The summed E-state index contributed by atoms with van der Waals surface area (Å²) in [7, 11) is 0. The van der Waals surface area contributed by atoms with Crippen molar-refractivity contribution in [1.29, 1.82) is 0 Å². The Morgan fingerprint density at radius 3 is 2.80 bits per heavy atom. The van der Waals surface area contributed by atoms with Gasteiger partial charge in [0.25, 0.3) is 5.91 Å². The van der Waals surface area contributed by atoms with Gasteiger partial charge in [-0.15, -0.1) is 11.3 Å². The maximum atomic E-state index is 12.2. The van der Waals surface area contributed by atoms with Crippen molar-refractivity contribution in [2.24, 2.45) is 5.92 Å². The van der Waals surface area contributed by atoms with E-state index in [9.17, 15) is 4.79 Å². The molecule has 1 atom stereocenters. The molecule has 0 aliphatic heterocycles. The molecule has 4 heteroatoms. The molecule has 110 valence electrons. The molecule has 1 rings (SSSR count). The molecule has 0 spiro atoms. The molecular formula is C16H23NO2S. The highest BCUT2D eigenvalue weighted by Gasteiger charge is 2.14. The number of aliphatic hydroxyl groups excluding tert-OH is 1. The van der Waals surface area contributed by atoms with E-state index in [1.807, 2.05) is 18.4 Å². The average molecular weight is 293 g/mol. The van der Waals surface area contributed by atoms with Crippen LogP contribution in [0, 0.1) is 17.8 Å². The highest BCUT2D eigenvalue weighted by molar-refractivity contribution is 7.12. The third-order valence-electron chi connectivity index (χ3n) is 2.89. The molecule has 20 heavy (non-hydrogen) atoms. The third-order valence-corrected chi connectivity index (χ3v) is 3.80. The second kappa shape index (κ2) is 8.78. The van der Waals surface area contributed by atoms with Crippen LogP contribution in [0.5, 0.6) is 0 Å². The lowest BCUT2D eigenvalue weighted by molar-refractivity contribution is 0.0941. The summed E-state index contributed by atoms with van der Waals surface area (Å²) in [6, 6.07) is 2.02. The first-order valence-corrected chi connectivity index (χ1v) is 7.90. The number of carbonyl (C=O) groups is 1. The molecule has 2 N–H and O–H groups in total. The number of hydrogen-bond acceptors (Lipinski definition) is 3. The summed E-state index contributed by atoms with van der Waals surface area (Å²) < 4.78 is 0. The van der Waals surface area contributed by atoms with Gasteiger partial charge in [-0.25, -0.2) is 0 Å². The van der Waals surface area contributed by atoms with Gasteiger partial charge in [-0.3, -0.25) is 4.79 Å². The van der Waals surface area contributed by atoms with Crippen molar-refractivity contribution in [2.45, 2.75) is 46.1 Å². The fourth-order valence-electron chi connectivity index (χ4n) is 1.74. The lowest BCUT2D eigenvalue weighted by Gasteiger charge is -2.14. The molecule has 0 aliphatic carbocycles. The van der Waals surface area contributed by atoms with E-state index < -0.39 is 0 Å². The van der Waals surface area contributed by atoms with Crippen LogP contribution in [0.25, 0.3) is 0 Å². The van der Waals surface area contributed by atoms with Crippen molar-refractivity contribution >= 4 is 17.2 Å². The lowest BCUT2D eigenvalue weighted by atomic mass is 10.0. The number of carbonyl (C=O) groups excluding carboxylic acids is 1. The Hall–Kier alpha value is -1.31. The molecule has 0 fully saturated rings. The van der Waals surface area contributed by atoms with Crippen LogP contribution in [0.15, 0.2) is 11.4 Å². The van der Waals surface area contributed by atoms with Gasteiger partial charge >= 0.3 is 0 Å². The van der Waals surface area contributed by atoms with E-state index in [1.165, 1.54) is 11.3 Å². The second-order valence-electron chi connectivity index (χ2n) is 5.28. The van der Waals surface area contributed by atoms with Crippen LogP contribution in [0.3, 0.4) is 0 Å². The van der Waals surface area contributed by atoms with Crippen molar-refractivity contribution in [3.8, 4) is 11.8 Å². The normalized spacial score (nSPS) is 11.8. The maximum absolute atomic E-state index is 12.2. The minimum atomic E-state index is -0.0513. The Bertz CT molecular complexity index is 482. The zero-order chi connectivity index (χ0) is 15.0. The van der Waals surface area contributed by atoms with E-state index in [2.05, 4.69) is 31.0 Å². The number of amides is 1. The minimum absolute atomic E-state index is 0.0465. The van der Waals surface area contributed by atoms with E-state index >= 15 is 0 Å². The predicted molar refractivity (Wildman–Crippen MR) is 83.9 cm³/mol. The van der Waals surface area contributed by atoms with Gasteiger partial charge in [0, 0.05) is 18.0 Å². The van der Waals surface area contributed by atoms with Crippen molar-refractivity contribution in [3.05, 3.63) is 21.9 Å². The van der Waals surface area contributed by atoms with Crippen molar-refractivity contribution in [1.82, 2.24) is 5.32 Å². The van der Waals surface area contributed by atoms with Crippen molar-refractivity contribution in [3.63, 3.8) is 0 Å². The van der Waals surface area contributed by atoms with E-state index in [-0.39, 0.29) is 18.6 Å². The smallest absolute Gasteiger partial charge is 0.262 e. The molecule has 0 radical (unpaired) electrons. The van der Waals surface area contributed by atoms with Crippen LogP contribution < -0.4 is 5.32 Å². The fraction of sp³-hybridized carbons (Fsp3) is 0.562. The monoisotopic (exact) mass is 293 g/mol. The van der Waals surface area contributed by atoms with Crippen LogP contribution in [0.2, 0.25) is 0 Å². The van der Waals surface area contributed by atoms with E-state index in [0.717, 1.165) is 18.4 Å². The standard InChI is InChI=1S/C16H23NO2S/c1-12(2)7-8-13(3)17-16(19)15-14(9-11-20-15)6-4-5-10-18/h9,11-13,18H,5,7-8,10H2,1-3H3,(H,17,19). The van der Waals surface area contributed by atoms with Gasteiger partial charge in [0.2, 0.25) is 0 Å². The summed E-state index contributed by atoms with van der Waals surface area (Å²) in [5, 5.41) is 13.6. The van der Waals surface area contributed by atoms with Crippen LogP contribution in [-0.2, 0) is 0 Å². The third kappa shape index (κ3) is 5.77. The van der Waals surface area contributed by atoms with Crippen LogP contribution in [0.1, 0.15) is 55.3 Å². The summed E-state index contributed by atoms with van der Waals surface area (Å²) in [5.41, 5.74) is 0.747. The highest BCUT2D eigenvalue weighted by atomic mass is 32.1. The van der Waals surface area contributed by atoms with E-state index in [4.69, 9.17) is 5.11 Å². The molecule has 1 aromatic heterocycles. The second-order valence-corrected chi connectivity index (χ2v) is 6.20. The molecule has 3 nitrogen and oxygen atoms in total. The number of thiophene rings is 1. The van der Waals surface area contributed by atoms with E-state index in [0.29, 0.717) is 17.2 Å². The van der Waals surface area contributed by atoms with Crippen molar-refractivity contribution in [2.75, 3.05) is 6.61 Å². The summed E-state index contributed by atoms with van der Waals surface area (Å²) >= 11 is 1.41. The van der Waals surface area contributed by atoms with Gasteiger partial charge in [-0.1, -0.05) is 25.7 Å². The quantitative estimate of drug-likeness (QED) is 0.792. The largest absolute Gasteiger partial charge is 0.395 e. The first kappa shape index (κ1) is 16.7. The topological polar surface area (TPSA) is 49.3 Å². The van der Waals surface area contributed by atoms with E-state index in [1.54, 1.807) is 0 Å². The summed E-state index contributed by atoms with van der Waals surface area (Å²) in [6.45, 7) is 6.45. The molecule has 0 aliphatic rings. The highest BCUT2D eigenvalue weighted by Crippen LogP contribution is 2.16. The summed E-state index contributed by atoms with van der Waals surface area (Å²) in [6.07, 6.45) is 2.52. The lowest BCUT2D eigenvalue weighted by Crippen LogP contribution is -2.32. The summed E-state index contributed by atoms with van der Waals surface area (Å²) in [5.74, 6) is 6.39. The predicted octanol–water partition coefficient (Wildman–Crippen LogP) is 3.04. The number of nitrogens with one attached hydrogen (secondary N) is 1. The molecule has 1 heterocycles. The average Bonchev–Trinajstić information content (AvgIpc) is 2.85. The molecule has 1 unspecified atom stereocenters. The van der Waals surface area contributed by atoms with Gasteiger partial charge in [0.15, 0.2) is 0 Å². The Balaban J connectivity index is 2.60. The molecule has 1 aromatic rings. The van der Waals surface area contributed by atoms with Gasteiger partial charge in [0.05, 0.1) is 6.61 Å². The fourth-order valence-corrected chi connectivity index (χ4v) is 2.49. The number of hydrogen-bond donors (Lipinski definition) is 2. The Morgan fingerprint density at radius 2 is 2.15 bits per heavy atom. The van der Waals surface area contributed by atoms with Crippen molar-refractivity contribution < 1.29 is 9.90 Å². The van der Waals surface area contributed by atoms with Gasteiger partial charge in [0.1, 0.15) is 4.88 Å². The van der Waals surface area contributed by atoms with Gasteiger partial charge in [-0.05, 0) is 37.1 Å².